The molecular formula is C12H15FO. The molecule has 1 aromatic carbocycles. The van der Waals surface area contributed by atoms with Gasteiger partial charge in [-0.1, -0.05) is 25.0 Å². The summed E-state index contributed by atoms with van der Waals surface area (Å²) in [6, 6.07) is 5.01. The highest BCUT2D eigenvalue weighted by Crippen LogP contribution is 2.38. The normalized spacial score (nSPS) is 18.2. The molecule has 0 bridgehead atoms. The first-order valence-corrected chi connectivity index (χ1v) is 5.11. The van der Waals surface area contributed by atoms with Gasteiger partial charge in [-0.25, -0.2) is 4.39 Å². The molecule has 1 N–H and O–H groups in total. The van der Waals surface area contributed by atoms with Gasteiger partial charge in [-0.3, -0.25) is 0 Å². The molecule has 0 aromatic heterocycles. The molecule has 0 spiro atoms. The molecule has 0 saturated heterocycles. The number of benzene rings is 1. The summed E-state index contributed by atoms with van der Waals surface area (Å²) in [6.07, 6.45) is 2.46. The van der Waals surface area contributed by atoms with Gasteiger partial charge in [-0.2, -0.15) is 0 Å². The number of aliphatic hydroxyl groups is 1. The van der Waals surface area contributed by atoms with E-state index in [0.29, 0.717) is 17.9 Å². The van der Waals surface area contributed by atoms with Gasteiger partial charge in [0, 0.05) is 5.56 Å². The third-order valence-corrected chi connectivity index (χ3v) is 2.77. The zero-order valence-corrected chi connectivity index (χ0v) is 8.33. The molecular weight excluding hydrogens is 179 g/mol. The Kier molecular flexibility index (Phi) is 2.55. The van der Waals surface area contributed by atoms with Crippen LogP contribution in [-0.2, 0) is 0 Å². The Morgan fingerprint density at radius 1 is 1.50 bits per heavy atom. The van der Waals surface area contributed by atoms with Gasteiger partial charge < -0.3 is 5.11 Å². The van der Waals surface area contributed by atoms with Crippen molar-refractivity contribution < 1.29 is 9.50 Å². The minimum absolute atomic E-state index is 0.279. The van der Waals surface area contributed by atoms with E-state index in [1.54, 1.807) is 6.07 Å². The average Bonchev–Trinajstić information content (AvgIpc) is 2.87. The lowest BCUT2D eigenvalue weighted by molar-refractivity contribution is 0.156. The summed E-state index contributed by atoms with van der Waals surface area (Å²) in [7, 11) is 0. The van der Waals surface area contributed by atoms with E-state index in [1.165, 1.54) is 18.9 Å². The minimum atomic E-state index is -0.622. The first-order chi connectivity index (χ1) is 6.66. The predicted molar refractivity (Wildman–Crippen MR) is 53.4 cm³/mol. The van der Waals surface area contributed by atoms with Crippen LogP contribution in [0.4, 0.5) is 4.39 Å². The van der Waals surface area contributed by atoms with Crippen molar-refractivity contribution in [1.82, 2.24) is 0 Å². The third kappa shape index (κ3) is 2.13. The van der Waals surface area contributed by atoms with Gasteiger partial charge in [0.25, 0.3) is 0 Å². The quantitative estimate of drug-likeness (QED) is 0.784. The van der Waals surface area contributed by atoms with Crippen molar-refractivity contribution in [2.45, 2.75) is 32.3 Å². The molecule has 1 atom stereocenters. The number of hydrogen-bond donors (Lipinski definition) is 1. The zero-order valence-electron chi connectivity index (χ0n) is 8.33. The Balaban J connectivity index is 2.13. The van der Waals surface area contributed by atoms with E-state index >= 15 is 0 Å². The first-order valence-electron chi connectivity index (χ1n) is 5.11. The maximum absolute atomic E-state index is 13.4. The lowest BCUT2D eigenvalue weighted by atomic mass is 10.0. The van der Waals surface area contributed by atoms with E-state index < -0.39 is 6.10 Å². The Morgan fingerprint density at radius 2 is 2.21 bits per heavy atom. The van der Waals surface area contributed by atoms with Crippen LogP contribution in [0.3, 0.4) is 0 Å². The molecule has 1 saturated carbocycles. The zero-order chi connectivity index (χ0) is 10.1. The summed E-state index contributed by atoms with van der Waals surface area (Å²) >= 11 is 0. The van der Waals surface area contributed by atoms with Gasteiger partial charge in [-0.05, 0) is 30.9 Å². The van der Waals surface area contributed by atoms with Gasteiger partial charge in [0.15, 0.2) is 0 Å². The highest BCUT2D eigenvalue weighted by Gasteiger charge is 2.26. The van der Waals surface area contributed by atoms with Crippen LogP contribution in [0.5, 0.6) is 0 Å². The van der Waals surface area contributed by atoms with Crippen LogP contribution in [-0.4, -0.2) is 5.11 Å². The molecule has 1 unspecified atom stereocenters. The monoisotopic (exact) mass is 194 g/mol. The third-order valence-electron chi connectivity index (χ3n) is 2.77. The lowest BCUT2D eigenvalue weighted by Gasteiger charge is -2.11. The fraction of sp³-hybridized carbons (Fsp3) is 0.500. The molecule has 1 aromatic rings. The van der Waals surface area contributed by atoms with Crippen molar-refractivity contribution in [1.29, 1.82) is 0 Å². The van der Waals surface area contributed by atoms with E-state index in [1.807, 2.05) is 13.0 Å². The topological polar surface area (TPSA) is 20.2 Å². The molecule has 1 aliphatic carbocycles. The summed E-state index contributed by atoms with van der Waals surface area (Å²) in [4.78, 5) is 0. The molecule has 1 fully saturated rings. The summed E-state index contributed by atoms with van der Waals surface area (Å²) in [5, 5.41) is 9.76. The molecule has 1 aliphatic rings. The Labute approximate surface area is 83.6 Å². The van der Waals surface area contributed by atoms with Crippen molar-refractivity contribution in [3.8, 4) is 0 Å². The van der Waals surface area contributed by atoms with Crippen LogP contribution in [0, 0.1) is 18.7 Å². The van der Waals surface area contributed by atoms with Gasteiger partial charge in [-0.15, -0.1) is 0 Å². The van der Waals surface area contributed by atoms with Gasteiger partial charge in [0.1, 0.15) is 5.82 Å². The number of aliphatic hydroxyl groups excluding tert-OH is 1. The number of rotatable bonds is 3. The summed E-state index contributed by atoms with van der Waals surface area (Å²) in [6.45, 7) is 1.85. The second-order valence-corrected chi connectivity index (χ2v) is 4.22. The summed E-state index contributed by atoms with van der Waals surface area (Å²) in [5.41, 5.74) is 1.34. The predicted octanol–water partition coefficient (Wildman–Crippen LogP) is 2.97. The largest absolute Gasteiger partial charge is 0.388 e. The van der Waals surface area contributed by atoms with E-state index in [9.17, 15) is 9.50 Å². The molecule has 0 heterocycles. The van der Waals surface area contributed by atoms with Crippen molar-refractivity contribution in [2.24, 2.45) is 5.92 Å². The van der Waals surface area contributed by atoms with Gasteiger partial charge >= 0.3 is 0 Å². The van der Waals surface area contributed by atoms with Crippen LogP contribution >= 0.6 is 0 Å². The van der Waals surface area contributed by atoms with Crippen LogP contribution in [0.1, 0.15) is 36.5 Å². The minimum Gasteiger partial charge on any atom is -0.388 e. The van der Waals surface area contributed by atoms with E-state index in [4.69, 9.17) is 0 Å². The second kappa shape index (κ2) is 3.70. The standard InChI is InChI=1S/C12H15FO/c1-8-2-5-10(11(13)6-8)12(14)7-9-3-4-9/h2,5-6,9,12,14H,3-4,7H2,1H3. The summed E-state index contributed by atoms with van der Waals surface area (Å²) in [5.74, 6) is 0.337. The number of aryl methyl sites for hydroxylation is 1. The maximum Gasteiger partial charge on any atom is 0.129 e. The van der Waals surface area contributed by atoms with E-state index in [0.717, 1.165) is 5.56 Å². The Morgan fingerprint density at radius 3 is 2.79 bits per heavy atom. The van der Waals surface area contributed by atoms with Crippen LogP contribution in [0.2, 0.25) is 0 Å². The van der Waals surface area contributed by atoms with Crippen molar-refractivity contribution in [3.63, 3.8) is 0 Å². The van der Waals surface area contributed by atoms with Gasteiger partial charge in [0.05, 0.1) is 6.10 Å². The Bertz CT molecular complexity index is 331. The van der Waals surface area contributed by atoms with Crippen molar-refractivity contribution >= 4 is 0 Å². The molecule has 2 heteroatoms. The van der Waals surface area contributed by atoms with Crippen LogP contribution < -0.4 is 0 Å². The van der Waals surface area contributed by atoms with Crippen LogP contribution in [0.25, 0.3) is 0 Å². The highest BCUT2D eigenvalue weighted by atomic mass is 19.1. The molecule has 76 valence electrons. The molecule has 2 rings (SSSR count). The van der Waals surface area contributed by atoms with Crippen LogP contribution in [0.15, 0.2) is 18.2 Å². The van der Waals surface area contributed by atoms with E-state index in [-0.39, 0.29) is 5.82 Å². The molecule has 14 heavy (non-hydrogen) atoms. The smallest absolute Gasteiger partial charge is 0.129 e. The molecule has 0 aliphatic heterocycles. The van der Waals surface area contributed by atoms with Crippen molar-refractivity contribution in [3.05, 3.63) is 35.1 Å². The Hall–Kier alpha value is -0.890. The van der Waals surface area contributed by atoms with Crippen molar-refractivity contribution in [2.75, 3.05) is 0 Å². The second-order valence-electron chi connectivity index (χ2n) is 4.22. The fourth-order valence-corrected chi connectivity index (χ4v) is 1.70. The average molecular weight is 194 g/mol. The fourth-order valence-electron chi connectivity index (χ4n) is 1.70. The number of halogens is 1. The lowest BCUT2D eigenvalue weighted by Crippen LogP contribution is -2.01. The SMILES string of the molecule is Cc1ccc(C(O)CC2CC2)c(F)c1. The maximum atomic E-state index is 13.4. The van der Waals surface area contributed by atoms with Gasteiger partial charge in [0.2, 0.25) is 0 Å². The molecule has 1 nitrogen and oxygen atoms in total. The highest BCUT2D eigenvalue weighted by molar-refractivity contribution is 5.25. The van der Waals surface area contributed by atoms with E-state index in [2.05, 4.69) is 0 Å². The molecule has 0 radical (unpaired) electrons. The first kappa shape index (κ1) is 9.66. The number of hydrogen-bond acceptors (Lipinski definition) is 1. The summed E-state index contributed by atoms with van der Waals surface area (Å²) < 4.78 is 13.4. The molecule has 0 amide bonds.